The van der Waals surface area contributed by atoms with E-state index in [1.807, 2.05) is 18.3 Å². The first-order valence-corrected chi connectivity index (χ1v) is 6.72. The van der Waals surface area contributed by atoms with Gasteiger partial charge >= 0.3 is 0 Å². The second-order valence-electron chi connectivity index (χ2n) is 5.09. The van der Waals surface area contributed by atoms with Crippen LogP contribution in [-0.4, -0.2) is 14.5 Å². The summed E-state index contributed by atoms with van der Waals surface area (Å²) in [5.41, 5.74) is 2.06. The molecular weight excluding hydrogens is 230 g/mol. The molecule has 0 saturated heterocycles. The Kier molecular flexibility index (Phi) is 2.74. The molecule has 1 saturated carbocycles. The Bertz CT molecular complexity index is 576. The highest BCUT2D eigenvalue weighted by Gasteiger charge is 2.22. The summed E-state index contributed by atoms with van der Waals surface area (Å²) < 4.78 is 3.04. The van der Waals surface area contributed by atoms with Crippen molar-refractivity contribution in [3.05, 3.63) is 23.1 Å². The van der Waals surface area contributed by atoms with Gasteiger partial charge in [-0.1, -0.05) is 6.92 Å². The summed E-state index contributed by atoms with van der Waals surface area (Å²) >= 11 is 5.43. The lowest BCUT2D eigenvalue weighted by molar-refractivity contribution is 0.291. The number of hydrogen-bond acceptors (Lipinski definition) is 2. The van der Waals surface area contributed by atoms with Gasteiger partial charge in [0.15, 0.2) is 10.4 Å². The number of aromatic nitrogens is 3. The van der Waals surface area contributed by atoms with Crippen LogP contribution >= 0.6 is 12.2 Å². The van der Waals surface area contributed by atoms with Gasteiger partial charge in [0.1, 0.15) is 0 Å². The van der Waals surface area contributed by atoms with Gasteiger partial charge in [0, 0.05) is 12.2 Å². The fourth-order valence-corrected chi connectivity index (χ4v) is 3.14. The number of nitrogens with zero attached hydrogens (tertiary/aromatic N) is 2. The molecule has 0 aromatic carbocycles. The van der Waals surface area contributed by atoms with E-state index in [4.69, 9.17) is 12.2 Å². The number of rotatable bonds is 1. The van der Waals surface area contributed by atoms with E-state index >= 15 is 0 Å². The Balaban J connectivity index is 2.05. The van der Waals surface area contributed by atoms with Crippen molar-refractivity contribution >= 4 is 23.4 Å². The molecule has 90 valence electrons. The maximum Gasteiger partial charge on any atom is 0.179 e. The molecule has 4 heteroatoms. The molecule has 17 heavy (non-hydrogen) atoms. The van der Waals surface area contributed by atoms with E-state index in [1.54, 1.807) is 0 Å². The van der Waals surface area contributed by atoms with Crippen molar-refractivity contribution in [1.82, 2.24) is 14.5 Å². The van der Waals surface area contributed by atoms with Crippen LogP contribution in [0.15, 0.2) is 18.3 Å². The van der Waals surface area contributed by atoms with Gasteiger partial charge in [-0.2, -0.15) is 0 Å². The van der Waals surface area contributed by atoms with Crippen LogP contribution in [0.5, 0.6) is 0 Å². The van der Waals surface area contributed by atoms with Gasteiger partial charge in [0.25, 0.3) is 0 Å². The Morgan fingerprint density at radius 3 is 2.88 bits per heavy atom. The minimum atomic E-state index is 0.530. The number of aromatic amines is 1. The summed E-state index contributed by atoms with van der Waals surface area (Å²) in [7, 11) is 0. The van der Waals surface area contributed by atoms with Gasteiger partial charge in [-0.05, 0) is 56.0 Å². The van der Waals surface area contributed by atoms with Gasteiger partial charge in [-0.15, -0.1) is 0 Å². The van der Waals surface area contributed by atoms with E-state index in [0.29, 0.717) is 6.04 Å². The second kappa shape index (κ2) is 4.26. The minimum Gasteiger partial charge on any atom is -0.329 e. The lowest BCUT2D eigenvalue weighted by atomic mass is 9.87. The number of pyridine rings is 1. The van der Waals surface area contributed by atoms with Crippen molar-refractivity contribution < 1.29 is 0 Å². The third-order valence-electron chi connectivity index (χ3n) is 3.83. The first-order chi connectivity index (χ1) is 8.25. The van der Waals surface area contributed by atoms with Crippen LogP contribution < -0.4 is 0 Å². The first kappa shape index (κ1) is 11.0. The van der Waals surface area contributed by atoms with Crippen LogP contribution in [-0.2, 0) is 0 Å². The lowest BCUT2D eigenvalue weighted by Gasteiger charge is -2.27. The summed E-state index contributed by atoms with van der Waals surface area (Å²) in [6, 6.07) is 4.52. The Morgan fingerprint density at radius 2 is 2.12 bits per heavy atom. The molecule has 2 aromatic rings. The molecule has 2 heterocycles. The molecule has 0 spiro atoms. The molecule has 1 aliphatic rings. The molecule has 3 nitrogen and oxygen atoms in total. The molecule has 0 atom stereocenters. The molecule has 0 unspecified atom stereocenters. The van der Waals surface area contributed by atoms with E-state index in [9.17, 15) is 0 Å². The zero-order valence-electron chi connectivity index (χ0n) is 10.0. The first-order valence-electron chi connectivity index (χ1n) is 6.31. The molecule has 1 fully saturated rings. The van der Waals surface area contributed by atoms with Crippen molar-refractivity contribution in [3.8, 4) is 0 Å². The SMILES string of the molecule is CC1CCC(n2c(=S)[nH]c3cccnc32)CC1. The maximum absolute atomic E-state index is 5.43. The quantitative estimate of drug-likeness (QED) is 0.777. The fourth-order valence-electron chi connectivity index (χ4n) is 2.80. The molecule has 3 rings (SSSR count). The van der Waals surface area contributed by atoms with Crippen LogP contribution in [0.4, 0.5) is 0 Å². The molecule has 1 N–H and O–H groups in total. The van der Waals surface area contributed by atoms with Crippen LogP contribution in [0.2, 0.25) is 0 Å². The zero-order valence-corrected chi connectivity index (χ0v) is 10.8. The fraction of sp³-hybridized carbons (Fsp3) is 0.538. The van der Waals surface area contributed by atoms with Crippen molar-refractivity contribution in [2.45, 2.75) is 38.6 Å². The standard InChI is InChI=1S/C13H17N3S/c1-9-4-6-10(7-5-9)16-12-11(15-13(16)17)3-2-8-14-12/h2-3,8-10H,4-7H2,1H3,(H,15,17). The van der Waals surface area contributed by atoms with Crippen LogP contribution in [0.1, 0.15) is 38.6 Å². The van der Waals surface area contributed by atoms with E-state index < -0.39 is 0 Å². The Labute approximate surface area is 106 Å². The third-order valence-corrected chi connectivity index (χ3v) is 4.12. The van der Waals surface area contributed by atoms with Crippen LogP contribution in [0.25, 0.3) is 11.2 Å². The van der Waals surface area contributed by atoms with Crippen molar-refractivity contribution in [2.24, 2.45) is 5.92 Å². The second-order valence-corrected chi connectivity index (χ2v) is 5.48. The smallest absolute Gasteiger partial charge is 0.179 e. The predicted octanol–water partition coefficient (Wildman–Crippen LogP) is 3.85. The summed E-state index contributed by atoms with van der Waals surface area (Å²) in [6.45, 7) is 2.34. The number of H-pyrrole nitrogens is 1. The summed E-state index contributed by atoms with van der Waals surface area (Å²) in [5, 5.41) is 0. The normalized spacial score (nSPS) is 25.2. The van der Waals surface area contributed by atoms with Crippen LogP contribution in [0.3, 0.4) is 0 Å². The molecule has 0 amide bonds. The predicted molar refractivity (Wildman–Crippen MR) is 71.6 cm³/mol. The van der Waals surface area contributed by atoms with Crippen molar-refractivity contribution in [1.29, 1.82) is 0 Å². The van der Waals surface area contributed by atoms with Gasteiger partial charge in [0.05, 0.1) is 5.52 Å². The highest BCUT2D eigenvalue weighted by Crippen LogP contribution is 2.33. The van der Waals surface area contributed by atoms with E-state index in [0.717, 1.165) is 21.9 Å². The monoisotopic (exact) mass is 247 g/mol. The molecule has 0 aliphatic heterocycles. The van der Waals surface area contributed by atoms with Gasteiger partial charge < -0.3 is 4.98 Å². The van der Waals surface area contributed by atoms with Gasteiger partial charge in [-0.3, -0.25) is 4.57 Å². The van der Waals surface area contributed by atoms with Gasteiger partial charge in [-0.25, -0.2) is 4.98 Å². The minimum absolute atomic E-state index is 0.530. The number of hydrogen-bond donors (Lipinski definition) is 1. The summed E-state index contributed by atoms with van der Waals surface area (Å²) in [6.07, 6.45) is 6.88. The van der Waals surface area contributed by atoms with Crippen LogP contribution in [0, 0.1) is 10.7 Å². The van der Waals surface area contributed by atoms with Crippen molar-refractivity contribution in [3.63, 3.8) is 0 Å². The zero-order chi connectivity index (χ0) is 11.8. The lowest BCUT2D eigenvalue weighted by Crippen LogP contribution is -2.17. The van der Waals surface area contributed by atoms with E-state index in [1.165, 1.54) is 25.7 Å². The number of imidazole rings is 1. The Morgan fingerprint density at radius 1 is 1.35 bits per heavy atom. The Hall–Kier alpha value is -1.16. The number of fused-ring (bicyclic) bond motifs is 1. The topological polar surface area (TPSA) is 33.6 Å². The molecule has 0 bridgehead atoms. The molecular formula is C13H17N3S. The largest absolute Gasteiger partial charge is 0.329 e. The summed E-state index contributed by atoms with van der Waals surface area (Å²) in [4.78, 5) is 7.71. The summed E-state index contributed by atoms with van der Waals surface area (Å²) in [5.74, 6) is 0.860. The van der Waals surface area contributed by atoms with E-state index in [2.05, 4.69) is 21.5 Å². The highest BCUT2D eigenvalue weighted by molar-refractivity contribution is 7.71. The average Bonchev–Trinajstić information content (AvgIpc) is 2.66. The highest BCUT2D eigenvalue weighted by atomic mass is 32.1. The average molecular weight is 247 g/mol. The third kappa shape index (κ3) is 1.90. The number of nitrogens with one attached hydrogen (secondary N) is 1. The molecule has 0 radical (unpaired) electrons. The maximum atomic E-state index is 5.43. The van der Waals surface area contributed by atoms with Gasteiger partial charge in [0.2, 0.25) is 0 Å². The molecule has 2 aromatic heterocycles. The van der Waals surface area contributed by atoms with Crippen molar-refractivity contribution in [2.75, 3.05) is 0 Å². The van der Waals surface area contributed by atoms with E-state index in [-0.39, 0.29) is 0 Å². The molecule has 1 aliphatic carbocycles.